The van der Waals surface area contributed by atoms with Gasteiger partial charge in [0, 0.05) is 26.4 Å². The highest BCUT2D eigenvalue weighted by atomic mass is 19.1. The number of piperidine rings is 1. The van der Waals surface area contributed by atoms with Crippen molar-refractivity contribution in [1.29, 1.82) is 0 Å². The fraction of sp³-hybridized carbons (Fsp3) is 0.333. The SMILES string of the molecule is COC1(c2ccccc2)CCN(C(=O)c2nc3ccc(C)cn3c2F)CC1. The lowest BCUT2D eigenvalue weighted by Gasteiger charge is -2.41. The second-order valence-electron chi connectivity index (χ2n) is 7.04. The fourth-order valence-corrected chi connectivity index (χ4v) is 3.83. The van der Waals surface area contributed by atoms with Crippen molar-refractivity contribution in [2.75, 3.05) is 20.2 Å². The summed E-state index contributed by atoms with van der Waals surface area (Å²) < 4.78 is 21.9. The zero-order chi connectivity index (χ0) is 19.0. The number of rotatable bonds is 3. The summed E-state index contributed by atoms with van der Waals surface area (Å²) in [6.07, 6.45) is 2.97. The molecular formula is C21H22FN3O2. The van der Waals surface area contributed by atoms with Gasteiger partial charge in [0.2, 0.25) is 5.95 Å². The van der Waals surface area contributed by atoms with Crippen molar-refractivity contribution in [3.8, 4) is 0 Å². The summed E-state index contributed by atoms with van der Waals surface area (Å²) in [5, 5.41) is 0. The number of amides is 1. The molecule has 1 aliphatic rings. The van der Waals surface area contributed by atoms with Crippen LogP contribution in [-0.4, -0.2) is 40.4 Å². The molecule has 140 valence electrons. The Hall–Kier alpha value is -2.73. The van der Waals surface area contributed by atoms with Gasteiger partial charge in [0.25, 0.3) is 5.91 Å². The number of aryl methyl sites for hydroxylation is 1. The van der Waals surface area contributed by atoms with Gasteiger partial charge in [0.15, 0.2) is 5.69 Å². The molecule has 5 nitrogen and oxygen atoms in total. The highest BCUT2D eigenvalue weighted by Gasteiger charge is 2.38. The molecule has 0 unspecified atom stereocenters. The van der Waals surface area contributed by atoms with E-state index in [0.29, 0.717) is 31.6 Å². The molecule has 0 atom stereocenters. The van der Waals surface area contributed by atoms with Gasteiger partial charge in [-0.25, -0.2) is 4.98 Å². The second kappa shape index (κ2) is 6.78. The van der Waals surface area contributed by atoms with Gasteiger partial charge in [-0.05, 0) is 37.0 Å². The number of carbonyl (C=O) groups is 1. The number of fused-ring (bicyclic) bond motifs is 1. The molecule has 0 spiro atoms. The van der Waals surface area contributed by atoms with Crippen molar-refractivity contribution in [2.45, 2.75) is 25.4 Å². The fourth-order valence-electron chi connectivity index (χ4n) is 3.83. The molecule has 0 radical (unpaired) electrons. The standard InChI is InChI=1S/C21H22FN3O2/c1-15-8-9-17-23-18(19(22)25(17)14-15)20(26)24-12-10-21(27-2,11-13-24)16-6-4-3-5-7-16/h3-9,14H,10-13H2,1-2H3. The first-order chi connectivity index (χ1) is 13.0. The number of methoxy groups -OCH3 is 1. The third kappa shape index (κ3) is 3.00. The van der Waals surface area contributed by atoms with Gasteiger partial charge in [-0.2, -0.15) is 4.39 Å². The predicted molar refractivity (Wildman–Crippen MR) is 100 cm³/mol. The Morgan fingerprint density at radius 3 is 2.52 bits per heavy atom. The summed E-state index contributed by atoms with van der Waals surface area (Å²) in [5.74, 6) is -0.975. The number of hydrogen-bond donors (Lipinski definition) is 0. The van der Waals surface area contributed by atoms with Crippen molar-refractivity contribution >= 4 is 11.6 Å². The summed E-state index contributed by atoms with van der Waals surface area (Å²) in [6, 6.07) is 13.6. The van der Waals surface area contributed by atoms with E-state index in [0.717, 1.165) is 11.1 Å². The van der Waals surface area contributed by atoms with Crippen LogP contribution in [0.15, 0.2) is 48.7 Å². The van der Waals surface area contributed by atoms with E-state index in [2.05, 4.69) is 4.98 Å². The first-order valence-corrected chi connectivity index (χ1v) is 9.08. The lowest BCUT2D eigenvalue weighted by atomic mass is 9.84. The van der Waals surface area contributed by atoms with Crippen molar-refractivity contribution in [3.63, 3.8) is 0 Å². The molecule has 27 heavy (non-hydrogen) atoms. The van der Waals surface area contributed by atoms with Crippen LogP contribution < -0.4 is 0 Å². The van der Waals surface area contributed by atoms with E-state index in [1.54, 1.807) is 24.3 Å². The predicted octanol–water partition coefficient (Wildman–Crippen LogP) is 3.56. The van der Waals surface area contributed by atoms with Crippen LogP contribution in [0.3, 0.4) is 0 Å². The average molecular weight is 367 g/mol. The monoisotopic (exact) mass is 367 g/mol. The molecule has 4 rings (SSSR count). The van der Waals surface area contributed by atoms with Crippen LogP contribution in [0.1, 0.15) is 34.5 Å². The Morgan fingerprint density at radius 2 is 1.85 bits per heavy atom. The van der Waals surface area contributed by atoms with Gasteiger partial charge in [0.1, 0.15) is 5.65 Å². The number of halogens is 1. The van der Waals surface area contributed by atoms with Crippen molar-refractivity contribution in [3.05, 3.63) is 71.4 Å². The molecule has 0 saturated carbocycles. The molecular weight excluding hydrogens is 345 g/mol. The van der Waals surface area contributed by atoms with Gasteiger partial charge >= 0.3 is 0 Å². The third-order valence-electron chi connectivity index (χ3n) is 5.46. The molecule has 0 N–H and O–H groups in total. The Balaban J connectivity index is 1.56. The first-order valence-electron chi connectivity index (χ1n) is 9.08. The molecule has 3 heterocycles. The Bertz CT molecular complexity index is 976. The quantitative estimate of drug-likeness (QED) is 0.711. The van der Waals surface area contributed by atoms with E-state index < -0.39 is 11.5 Å². The lowest BCUT2D eigenvalue weighted by Crippen LogP contribution is -2.46. The number of nitrogens with zero attached hydrogens (tertiary/aromatic N) is 3. The number of ether oxygens (including phenoxy) is 1. The number of likely N-dealkylation sites (tertiary alicyclic amines) is 1. The molecule has 0 aliphatic carbocycles. The van der Waals surface area contributed by atoms with Crippen LogP contribution in [0.4, 0.5) is 4.39 Å². The van der Waals surface area contributed by atoms with E-state index in [1.165, 1.54) is 4.40 Å². The van der Waals surface area contributed by atoms with E-state index >= 15 is 0 Å². The summed E-state index contributed by atoms with van der Waals surface area (Å²) in [4.78, 5) is 18.8. The van der Waals surface area contributed by atoms with Gasteiger partial charge < -0.3 is 9.64 Å². The van der Waals surface area contributed by atoms with E-state index in [-0.39, 0.29) is 11.6 Å². The third-order valence-corrected chi connectivity index (χ3v) is 5.46. The molecule has 2 aromatic heterocycles. The molecule has 1 fully saturated rings. The molecule has 1 aromatic carbocycles. The summed E-state index contributed by atoms with van der Waals surface area (Å²) in [7, 11) is 1.70. The maximum absolute atomic E-state index is 14.7. The van der Waals surface area contributed by atoms with Crippen molar-refractivity contribution < 1.29 is 13.9 Å². The topological polar surface area (TPSA) is 46.8 Å². The average Bonchev–Trinajstić information content (AvgIpc) is 3.04. The van der Waals surface area contributed by atoms with Crippen molar-refractivity contribution in [1.82, 2.24) is 14.3 Å². The highest BCUT2D eigenvalue weighted by molar-refractivity contribution is 5.93. The normalized spacial score (nSPS) is 16.6. The number of imidazole rings is 1. The second-order valence-corrected chi connectivity index (χ2v) is 7.04. The number of benzene rings is 1. The van der Waals surface area contributed by atoms with E-state index in [9.17, 15) is 9.18 Å². The maximum atomic E-state index is 14.7. The zero-order valence-electron chi connectivity index (χ0n) is 15.5. The van der Waals surface area contributed by atoms with Crippen LogP contribution in [0.25, 0.3) is 5.65 Å². The van der Waals surface area contributed by atoms with Crippen molar-refractivity contribution in [2.24, 2.45) is 0 Å². The maximum Gasteiger partial charge on any atom is 0.277 e. The number of aromatic nitrogens is 2. The van der Waals surface area contributed by atoms with Gasteiger partial charge in [-0.1, -0.05) is 36.4 Å². The largest absolute Gasteiger partial charge is 0.373 e. The molecule has 3 aromatic rings. The summed E-state index contributed by atoms with van der Waals surface area (Å²) in [6.45, 7) is 2.86. The van der Waals surface area contributed by atoms with Crippen LogP contribution >= 0.6 is 0 Å². The van der Waals surface area contributed by atoms with Crippen LogP contribution in [0.2, 0.25) is 0 Å². The molecule has 0 bridgehead atoms. The smallest absolute Gasteiger partial charge is 0.277 e. The Labute approximate surface area is 157 Å². The molecule has 6 heteroatoms. The van der Waals surface area contributed by atoms with Gasteiger partial charge in [0.05, 0.1) is 5.60 Å². The zero-order valence-corrected chi connectivity index (χ0v) is 15.5. The minimum absolute atomic E-state index is 0.120. The first kappa shape index (κ1) is 17.7. The Kier molecular flexibility index (Phi) is 4.44. The minimum Gasteiger partial charge on any atom is -0.373 e. The minimum atomic E-state index is -0.606. The van der Waals surface area contributed by atoms with E-state index in [4.69, 9.17) is 4.74 Å². The van der Waals surface area contributed by atoms with Crippen LogP contribution in [-0.2, 0) is 10.3 Å². The molecule has 1 saturated heterocycles. The number of pyridine rings is 1. The highest BCUT2D eigenvalue weighted by Crippen LogP contribution is 2.36. The molecule has 1 aliphatic heterocycles. The number of hydrogen-bond acceptors (Lipinski definition) is 3. The number of carbonyl (C=O) groups excluding carboxylic acids is 1. The van der Waals surface area contributed by atoms with Gasteiger partial charge in [-0.3, -0.25) is 9.20 Å². The van der Waals surface area contributed by atoms with Crippen LogP contribution in [0.5, 0.6) is 0 Å². The summed E-state index contributed by atoms with van der Waals surface area (Å²) in [5.41, 5.74) is 1.92. The van der Waals surface area contributed by atoms with E-state index in [1.807, 2.05) is 43.3 Å². The van der Waals surface area contributed by atoms with Gasteiger partial charge in [-0.15, -0.1) is 0 Å². The molecule has 1 amide bonds. The van der Waals surface area contributed by atoms with Crippen LogP contribution in [0, 0.1) is 12.9 Å². The lowest BCUT2D eigenvalue weighted by molar-refractivity contribution is -0.0575. The Morgan fingerprint density at radius 1 is 1.15 bits per heavy atom. The summed E-state index contributed by atoms with van der Waals surface area (Å²) >= 11 is 0.